The summed E-state index contributed by atoms with van der Waals surface area (Å²) >= 11 is 0. The molecular weight excluding hydrogens is 236 g/mol. The van der Waals surface area contributed by atoms with Gasteiger partial charge in [-0.3, -0.25) is 4.79 Å². The lowest BCUT2D eigenvalue weighted by molar-refractivity contribution is 0.0739. The molecule has 1 aromatic carbocycles. The van der Waals surface area contributed by atoms with Crippen LogP contribution >= 0.6 is 0 Å². The minimum absolute atomic E-state index is 0.210. The van der Waals surface area contributed by atoms with Crippen LogP contribution in [0.25, 0.3) is 0 Å². The molecule has 102 valence electrons. The average Bonchev–Trinajstić information content (AvgIpc) is 3.32. The molecule has 2 saturated carbocycles. The molecule has 0 radical (unpaired) electrons. The summed E-state index contributed by atoms with van der Waals surface area (Å²) in [5.41, 5.74) is 1.87. The van der Waals surface area contributed by atoms with E-state index in [0.717, 1.165) is 36.2 Å². The van der Waals surface area contributed by atoms with E-state index in [0.29, 0.717) is 0 Å². The van der Waals surface area contributed by atoms with Gasteiger partial charge in [0.1, 0.15) is 0 Å². The van der Waals surface area contributed by atoms with Crippen LogP contribution in [0.5, 0.6) is 0 Å². The second-order valence-electron chi connectivity index (χ2n) is 5.92. The zero-order chi connectivity index (χ0) is 13.2. The maximum atomic E-state index is 12.6. The normalized spacial score (nSPS) is 18.2. The Labute approximate surface area is 115 Å². The highest BCUT2D eigenvalue weighted by atomic mass is 16.2. The quantitative estimate of drug-likeness (QED) is 0.850. The molecule has 0 aromatic heterocycles. The fourth-order valence-corrected chi connectivity index (χ4v) is 2.43. The molecule has 0 bridgehead atoms. The predicted octanol–water partition coefficient (Wildman–Crippen LogP) is 2.99. The lowest BCUT2D eigenvalue weighted by atomic mass is 10.1. The van der Waals surface area contributed by atoms with Gasteiger partial charge in [-0.15, -0.1) is 0 Å². The van der Waals surface area contributed by atoms with Crippen molar-refractivity contribution in [1.82, 2.24) is 4.90 Å². The van der Waals surface area contributed by atoms with Gasteiger partial charge in [0.2, 0.25) is 0 Å². The average molecular weight is 258 g/mol. The van der Waals surface area contributed by atoms with Crippen LogP contribution in [0.15, 0.2) is 24.3 Å². The summed E-state index contributed by atoms with van der Waals surface area (Å²) in [7, 11) is 1.89. The summed E-state index contributed by atoms with van der Waals surface area (Å²) in [4.78, 5) is 14.7. The lowest BCUT2D eigenvalue weighted by Crippen LogP contribution is -2.34. The van der Waals surface area contributed by atoms with Crippen molar-refractivity contribution in [3.63, 3.8) is 0 Å². The molecule has 3 rings (SSSR count). The van der Waals surface area contributed by atoms with Gasteiger partial charge in [-0.05, 0) is 61.8 Å². The molecule has 1 aromatic rings. The van der Waals surface area contributed by atoms with E-state index in [4.69, 9.17) is 0 Å². The minimum Gasteiger partial charge on any atom is -0.388 e. The Balaban J connectivity index is 1.69. The molecule has 2 aliphatic rings. The fraction of sp³-hybridized carbons (Fsp3) is 0.562. The third-order valence-corrected chi connectivity index (χ3v) is 4.06. The number of anilines is 1. The molecule has 0 aliphatic heterocycles. The van der Waals surface area contributed by atoms with Crippen LogP contribution in [0.4, 0.5) is 5.69 Å². The Morgan fingerprint density at radius 3 is 2.05 bits per heavy atom. The Morgan fingerprint density at radius 2 is 1.63 bits per heavy atom. The third-order valence-electron chi connectivity index (χ3n) is 4.06. The molecule has 1 amide bonds. The highest BCUT2D eigenvalue weighted by molar-refractivity contribution is 5.94. The topological polar surface area (TPSA) is 32.3 Å². The Morgan fingerprint density at radius 1 is 1.11 bits per heavy atom. The van der Waals surface area contributed by atoms with E-state index in [1.54, 1.807) is 0 Å². The van der Waals surface area contributed by atoms with E-state index in [1.165, 1.54) is 25.7 Å². The van der Waals surface area contributed by atoms with E-state index in [9.17, 15) is 4.79 Å². The molecule has 1 N–H and O–H groups in total. The van der Waals surface area contributed by atoms with Crippen molar-refractivity contribution in [3.8, 4) is 0 Å². The van der Waals surface area contributed by atoms with Gasteiger partial charge in [0.05, 0.1) is 0 Å². The van der Waals surface area contributed by atoms with Gasteiger partial charge in [-0.25, -0.2) is 0 Å². The van der Waals surface area contributed by atoms with Crippen LogP contribution in [0.3, 0.4) is 0 Å². The molecule has 3 nitrogen and oxygen atoms in total. The summed E-state index contributed by atoms with van der Waals surface area (Å²) in [5, 5.41) is 3.08. The summed E-state index contributed by atoms with van der Waals surface area (Å²) in [5.74, 6) is 1.74. The molecule has 0 unspecified atom stereocenters. The molecule has 2 aliphatic carbocycles. The number of hydrogen-bond donors (Lipinski definition) is 1. The van der Waals surface area contributed by atoms with Gasteiger partial charge >= 0.3 is 0 Å². The number of hydrogen-bond acceptors (Lipinski definition) is 2. The van der Waals surface area contributed by atoms with E-state index in [2.05, 4.69) is 10.2 Å². The number of carbonyl (C=O) groups is 1. The third kappa shape index (κ3) is 3.28. The van der Waals surface area contributed by atoms with E-state index in [1.807, 2.05) is 31.3 Å². The molecular formula is C16H22N2O. The largest absolute Gasteiger partial charge is 0.388 e. The van der Waals surface area contributed by atoms with Gasteiger partial charge in [0.25, 0.3) is 5.91 Å². The van der Waals surface area contributed by atoms with Crippen molar-refractivity contribution in [2.45, 2.75) is 25.7 Å². The summed E-state index contributed by atoms with van der Waals surface area (Å²) in [6.45, 7) is 1.92. The first kappa shape index (κ1) is 12.5. The fourth-order valence-electron chi connectivity index (χ4n) is 2.43. The summed E-state index contributed by atoms with van der Waals surface area (Å²) in [6.07, 6.45) is 5.19. The molecule has 0 atom stereocenters. The predicted molar refractivity (Wildman–Crippen MR) is 77.3 cm³/mol. The van der Waals surface area contributed by atoms with Crippen molar-refractivity contribution < 1.29 is 4.79 Å². The standard InChI is InChI=1S/C16H22N2O/c1-17-15-8-6-14(7-9-15)16(19)18(10-12-2-3-12)11-13-4-5-13/h6-9,12-13,17H,2-5,10-11H2,1H3. The van der Waals surface area contributed by atoms with Crippen molar-refractivity contribution in [3.05, 3.63) is 29.8 Å². The van der Waals surface area contributed by atoms with Crippen LogP contribution in [-0.2, 0) is 0 Å². The zero-order valence-corrected chi connectivity index (χ0v) is 11.6. The molecule has 2 fully saturated rings. The van der Waals surface area contributed by atoms with Gasteiger partial charge in [-0.2, -0.15) is 0 Å². The second kappa shape index (κ2) is 5.24. The van der Waals surface area contributed by atoms with Gasteiger partial charge in [-0.1, -0.05) is 0 Å². The van der Waals surface area contributed by atoms with Crippen LogP contribution in [0.1, 0.15) is 36.0 Å². The van der Waals surface area contributed by atoms with E-state index in [-0.39, 0.29) is 5.91 Å². The second-order valence-corrected chi connectivity index (χ2v) is 5.92. The molecule has 19 heavy (non-hydrogen) atoms. The van der Waals surface area contributed by atoms with E-state index < -0.39 is 0 Å². The SMILES string of the molecule is CNc1ccc(C(=O)N(CC2CC2)CC2CC2)cc1. The number of benzene rings is 1. The Kier molecular flexibility index (Phi) is 3.45. The number of nitrogens with one attached hydrogen (secondary N) is 1. The first-order valence-electron chi connectivity index (χ1n) is 7.33. The van der Waals surface area contributed by atoms with Crippen molar-refractivity contribution in [1.29, 1.82) is 0 Å². The first-order chi connectivity index (χ1) is 9.26. The smallest absolute Gasteiger partial charge is 0.253 e. The first-order valence-corrected chi connectivity index (χ1v) is 7.33. The van der Waals surface area contributed by atoms with Crippen LogP contribution < -0.4 is 5.32 Å². The number of rotatable bonds is 6. The van der Waals surface area contributed by atoms with Crippen molar-refractivity contribution >= 4 is 11.6 Å². The van der Waals surface area contributed by atoms with Crippen LogP contribution in [0.2, 0.25) is 0 Å². The maximum Gasteiger partial charge on any atom is 0.253 e. The number of nitrogens with zero attached hydrogens (tertiary/aromatic N) is 1. The van der Waals surface area contributed by atoms with Crippen LogP contribution in [-0.4, -0.2) is 30.9 Å². The van der Waals surface area contributed by atoms with Crippen molar-refractivity contribution in [2.75, 3.05) is 25.5 Å². The van der Waals surface area contributed by atoms with Gasteiger partial charge in [0.15, 0.2) is 0 Å². The Hall–Kier alpha value is -1.51. The Bertz CT molecular complexity index is 432. The lowest BCUT2D eigenvalue weighted by Gasteiger charge is -2.22. The summed E-state index contributed by atoms with van der Waals surface area (Å²) in [6, 6.07) is 7.81. The molecule has 0 saturated heterocycles. The van der Waals surface area contributed by atoms with Crippen LogP contribution in [0, 0.1) is 11.8 Å². The molecule has 0 spiro atoms. The molecule has 3 heteroatoms. The highest BCUT2D eigenvalue weighted by Crippen LogP contribution is 2.34. The maximum absolute atomic E-state index is 12.6. The van der Waals surface area contributed by atoms with Gasteiger partial charge < -0.3 is 10.2 Å². The van der Waals surface area contributed by atoms with Crippen molar-refractivity contribution in [2.24, 2.45) is 11.8 Å². The molecule has 0 heterocycles. The number of amides is 1. The minimum atomic E-state index is 0.210. The summed E-state index contributed by atoms with van der Waals surface area (Å²) < 4.78 is 0. The highest BCUT2D eigenvalue weighted by Gasteiger charge is 2.31. The van der Waals surface area contributed by atoms with E-state index >= 15 is 0 Å². The monoisotopic (exact) mass is 258 g/mol. The zero-order valence-electron chi connectivity index (χ0n) is 11.6. The number of carbonyl (C=O) groups excluding carboxylic acids is 1. The van der Waals surface area contributed by atoms with Gasteiger partial charge in [0, 0.05) is 31.4 Å².